The molecule has 1 atom stereocenters. The molecule has 0 saturated heterocycles. The lowest BCUT2D eigenvalue weighted by atomic mass is 10.2. The lowest BCUT2D eigenvalue weighted by molar-refractivity contribution is -0.122. The third kappa shape index (κ3) is 3.96. The fourth-order valence-corrected chi connectivity index (χ4v) is 2.93. The van der Waals surface area contributed by atoms with Gasteiger partial charge in [0.1, 0.15) is 12.3 Å². The van der Waals surface area contributed by atoms with Crippen LogP contribution < -0.4 is 10.1 Å². The number of methoxy groups -OCH3 is 1. The van der Waals surface area contributed by atoms with Gasteiger partial charge in [0, 0.05) is 11.6 Å². The number of aliphatic hydroxyl groups is 1. The van der Waals surface area contributed by atoms with Crippen LogP contribution in [-0.4, -0.2) is 47.3 Å². The highest BCUT2D eigenvalue weighted by molar-refractivity contribution is 7.98. The molecule has 1 heterocycles. The molecule has 5 nitrogen and oxygen atoms in total. The molecular weight excluding hydrogens is 300 g/mol. The number of aromatic nitrogens is 1. The van der Waals surface area contributed by atoms with Gasteiger partial charge in [0.15, 0.2) is 0 Å². The highest BCUT2D eigenvalue weighted by atomic mass is 32.2. The Labute approximate surface area is 134 Å². The van der Waals surface area contributed by atoms with E-state index < -0.39 is 0 Å². The fourth-order valence-electron chi connectivity index (χ4n) is 2.41. The van der Waals surface area contributed by atoms with E-state index in [4.69, 9.17) is 4.74 Å². The van der Waals surface area contributed by atoms with Gasteiger partial charge in [0.2, 0.25) is 5.91 Å². The van der Waals surface area contributed by atoms with Gasteiger partial charge in [-0.15, -0.1) is 0 Å². The van der Waals surface area contributed by atoms with Crippen LogP contribution in [0.3, 0.4) is 0 Å². The normalized spacial score (nSPS) is 12.3. The molecule has 0 spiro atoms. The van der Waals surface area contributed by atoms with Crippen molar-refractivity contribution < 1.29 is 14.6 Å². The van der Waals surface area contributed by atoms with Crippen molar-refractivity contribution in [1.82, 2.24) is 9.88 Å². The van der Waals surface area contributed by atoms with E-state index in [0.717, 1.165) is 28.8 Å². The van der Waals surface area contributed by atoms with E-state index in [1.165, 1.54) is 0 Å². The molecule has 2 N–H and O–H groups in total. The Bertz CT molecular complexity index is 627. The third-order valence-corrected chi connectivity index (χ3v) is 4.21. The number of nitrogens with zero attached hydrogens (tertiary/aromatic N) is 1. The monoisotopic (exact) mass is 322 g/mol. The number of aliphatic hydroxyl groups excluding tert-OH is 1. The van der Waals surface area contributed by atoms with Gasteiger partial charge in [0.05, 0.1) is 25.3 Å². The second kappa shape index (κ2) is 8.10. The zero-order valence-corrected chi connectivity index (χ0v) is 13.7. The zero-order chi connectivity index (χ0) is 15.9. The lowest BCUT2D eigenvalue weighted by Crippen LogP contribution is -2.39. The Morgan fingerprint density at radius 3 is 2.95 bits per heavy atom. The first kappa shape index (κ1) is 16.7. The minimum Gasteiger partial charge on any atom is -0.496 e. The molecule has 0 aliphatic rings. The summed E-state index contributed by atoms with van der Waals surface area (Å²) in [7, 11) is 1.64. The van der Waals surface area contributed by atoms with Crippen molar-refractivity contribution in [2.75, 3.05) is 25.7 Å². The van der Waals surface area contributed by atoms with E-state index in [1.54, 1.807) is 18.9 Å². The summed E-state index contributed by atoms with van der Waals surface area (Å²) in [6.07, 6.45) is 4.65. The summed E-state index contributed by atoms with van der Waals surface area (Å²) >= 11 is 1.70. The summed E-state index contributed by atoms with van der Waals surface area (Å²) in [6.45, 7) is 0.193. The molecule has 0 saturated carbocycles. The second-order valence-electron chi connectivity index (χ2n) is 5.07. The summed E-state index contributed by atoms with van der Waals surface area (Å²) in [6, 6.07) is 7.53. The number of rotatable bonds is 8. The Kier molecular flexibility index (Phi) is 6.15. The maximum absolute atomic E-state index is 12.2. The molecule has 0 radical (unpaired) electrons. The molecular formula is C16H22N2O3S. The number of ether oxygens (including phenoxy) is 1. The Hall–Kier alpha value is -1.66. The van der Waals surface area contributed by atoms with Crippen LogP contribution in [0, 0.1) is 0 Å². The molecule has 2 aromatic rings. The van der Waals surface area contributed by atoms with Crippen LogP contribution in [-0.2, 0) is 11.3 Å². The molecule has 0 aliphatic heterocycles. The lowest BCUT2D eigenvalue weighted by Gasteiger charge is -2.16. The van der Waals surface area contributed by atoms with E-state index in [1.807, 2.05) is 41.3 Å². The van der Waals surface area contributed by atoms with Gasteiger partial charge in [-0.3, -0.25) is 4.79 Å². The molecule has 0 bridgehead atoms. The van der Waals surface area contributed by atoms with Crippen LogP contribution in [0.2, 0.25) is 0 Å². The van der Waals surface area contributed by atoms with E-state index >= 15 is 0 Å². The van der Waals surface area contributed by atoms with E-state index in [0.29, 0.717) is 0 Å². The van der Waals surface area contributed by atoms with Gasteiger partial charge >= 0.3 is 0 Å². The average molecular weight is 322 g/mol. The van der Waals surface area contributed by atoms with Gasteiger partial charge < -0.3 is 19.7 Å². The van der Waals surface area contributed by atoms with Crippen molar-refractivity contribution in [1.29, 1.82) is 0 Å². The van der Waals surface area contributed by atoms with Crippen molar-refractivity contribution in [3.8, 4) is 5.75 Å². The van der Waals surface area contributed by atoms with Gasteiger partial charge in [-0.1, -0.05) is 6.07 Å². The molecule has 1 amide bonds. The number of nitrogens with one attached hydrogen (secondary N) is 1. The molecule has 0 fully saturated rings. The molecule has 1 aromatic carbocycles. The van der Waals surface area contributed by atoms with Crippen molar-refractivity contribution in [2.24, 2.45) is 0 Å². The number of benzene rings is 1. The van der Waals surface area contributed by atoms with E-state index in [9.17, 15) is 9.90 Å². The van der Waals surface area contributed by atoms with Crippen LogP contribution in [0.5, 0.6) is 5.75 Å². The number of hydrogen-bond donors (Lipinski definition) is 2. The Morgan fingerprint density at radius 2 is 2.27 bits per heavy atom. The quantitative estimate of drug-likeness (QED) is 0.779. The summed E-state index contributed by atoms with van der Waals surface area (Å²) in [5, 5.41) is 13.2. The Balaban J connectivity index is 2.05. The first-order valence-electron chi connectivity index (χ1n) is 7.20. The smallest absolute Gasteiger partial charge is 0.240 e. The summed E-state index contributed by atoms with van der Waals surface area (Å²) in [4.78, 5) is 12.2. The maximum atomic E-state index is 12.2. The summed E-state index contributed by atoms with van der Waals surface area (Å²) in [5.41, 5.74) is 0.958. The van der Waals surface area contributed by atoms with Gasteiger partial charge in [-0.05, 0) is 36.6 Å². The molecule has 22 heavy (non-hydrogen) atoms. The van der Waals surface area contributed by atoms with Gasteiger partial charge in [-0.25, -0.2) is 0 Å². The minimum atomic E-state index is -0.184. The standard InChI is InChI=1S/C16H22N2O3S/c1-21-15-5-3-4-14-13(15)6-8-18(14)10-16(20)17-12(11-19)7-9-22-2/h3-6,8,12,19H,7,9-11H2,1-2H3,(H,17,20)/t12-/m0/s1. The van der Waals surface area contributed by atoms with Gasteiger partial charge in [-0.2, -0.15) is 11.8 Å². The predicted octanol–water partition coefficient (Wildman–Crippen LogP) is 1.88. The minimum absolute atomic E-state index is 0.0352. The van der Waals surface area contributed by atoms with E-state index in [2.05, 4.69) is 5.32 Å². The van der Waals surface area contributed by atoms with Crippen molar-refractivity contribution in [2.45, 2.75) is 19.0 Å². The SMILES string of the molecule is COc1cccc2c1ccn2CC(=O)N[C@H](CO)CCSC. The third-order valence-electron chi connectivity index (χ3n) is 3.56. The highest BCUT2D eigenvalue weighted by Gasteiger charge is 2.13. The topological polar surface area (TPSA) is 63.5 Å². The van der Waals surface area contributed by atoms with Crippen LogP contribution >= 0.6 is 11.8 Å². The number of thioether (sulfide) groups is 1. The number of fused-ring (bicyclic) bond motifs is 1. The van der Waals surface area contributed by atoms with Crippen LogP contribution in [0.1, 0.15) is 6.42 Å². The summed E-state index contributed by atoms with van der Waals surface area (Å²) in [5.74, 6) is 1.61. The number of carbonyl (C=O) groups excluding carboxylic acids is 1. The predicted molar refractivity (Wildman–Crippen MR) is 90.5 cm³/mol. The van der Waals surface area contributed by atoms with Crippen molar-refractivity contribution in [3.05, 3.63) is 30.5 Å². The highest BCUT2D eigenvalue weighted by Crippen LogP contribution is 2.26. The second-order valence-corrected chi connectivity index (χ2v) is 6.05. The zero-order valence-electron chi connectivity index (χ0n) is 12.9. The number of hydrogen-bond acceptors (Lipinski definition) is 4. The van der Waals surface area contributed by atoms with Crippen LogP contribution in [0.4, 0.5) is 0 Å². The van der Waals surface area contributed by atoms with Crippen LogP contribution in [0.25, 0.3) is 10.9 Å². The first-order valence-corrected chi connectivity index (χ1v) is 8.60. The molecule has 0 unspecified atom stereocenters. The van der Waals surface area contributed by atoms with Crippen molar-refractivity contribution >= 4 is 28.6 Å². The average Bonchev–Trinajstić information content (AvgIpc) is 2.94. The molecule has 1 aromatic heterocycles. The largest absolute Gasteiger partial charge is 0.496 e. The molecule has 6 heteroatoms. The number of amides is 1. The molecule has 120 valence electrons. The fraction of sp³-hybridized carbons (Fsp3) is 0.438. The van der Waals surface area contributed by atoms with Gasteiger partial charge in [0.25, 0.3) is 0 Å². The number of carbonyl (C=O) groups is 1. The van der Waals surface area contributed by atoms with Crippen LogP contribution in [0.15, 0.2) is 30.5 Å². The Morgan fingerprint density at radius 1 is 1.45 bits per heavy atom. The maximum Gasteiger partial charge on any atom is 0.240 e. The first-order chi connectivity index (χ1) is 10.7. The molecule has 0 aliphatic carbocycles. The van der Waals surface area contributed by atoms with Crippen molar-refractivity contribution in [3.63, 3.8) is 0 Å². The van der Waals surface area contributed by atoms with E-state index in [-0.39, 0.29) is 25.1 Å². The summed E-state index contributed by atoms with van der Waals surface area (Å²) < 4.78 is 7.21. The molecule has 2 rings (SSSR count).